The molecule has 0 radical (unpaired) electrons. The van der Waals surface area contributed by atoms with Gasteiger partial charge in [-0.15, -0.1) is 13.2 Å². The molecule has 0 bridgehead atoms. The van der Waals surface area contributed by atoms with Crippen LogP contribution >= 0.6 is 0 Å². The van der Waals surface area contributed by atoms with Crippen LogP contribution in [0.4, 0.5) is 18.0 Å². The third-order valence-electron chi connectivity index (χ3n) is 4.36. The third-order valence-corrected chi connectivity index (χ3v) is 4.36. The quantitative estimate of drug-likeness (QED) is 0.428. The SMILES string of the molecule is CC(C)(C)N(CC(=O)OCc1ccccc1)C(=O)OCc1ccccc1C(=O)OC(F)(F)F. The number of hydrogen-bond acceptors (Lipinski definition) is 6. The summed E-state index contributed by atoms with van der Waals surface area (Å²) in [6.45, 7) is 4.13. The minimum Gasteiger partial charge on any atom is -0.459 e. The van der Waals surface area contributed by atoms with E-state index in [1.165, 1.54) is 18.2 Å². The number of hydrogen-bond donors (Lipinski definition) is 0. The van der Waals surface area contributed by atoms with Crippen LogP contribution in [-0.2, 0) is 32.2 Å². The highest BCUT2D eigenvalue weighted by Crippen LogP contribution is 2.22. The molecule has 178 valence electrons. The van der Waals surface area contributed by atoms with Gasteiger partial charge in [-0.3, -0.25) is 9.69 Å². The lowest BCUT2D eigenvalue weighted by atomic mass is 10.1. The predicted octanol–water partition coefficient (Wildman–Crippen LogP) is 4.84. The van der Waals surface area contributed by atoms with E-state index in [0.717, 1.165) is 16.5 Å². The molecule has 2 aromatic carbocycles. The largest absolute Gasteiger partial charge is 0.575 e. The molecule has 0 saturated heterocycles. The number of esters is 2. The summed E-state index contributed by atoms with van der Waals surface area (Å²) in [6, 6.07) is 14.3. The van der Waals surface area contributed by atoms with Crippen LogP contribution in [0.5, 0.6) is 0 Å². The van der Waals surface area contributed by atoms with Crippen LogP contribution in [0.15, 0.2) is 54.6 Å². The summed E-state index contributed by atoms with van der Waals surface area (Å²) in [5, 5.41) is 0. The molecule has 0 heterocycles. The van der Waals surface area contributed by atoms with Crippen molar-refractivity contribution in [1.29, 1.82) is 0 Å². The molecule has 0 aliphatic rings. The van der Waals surface area contributed by atoms with Crippen molar-refractivity contribution in [3.8, 4) is 0 Å². The van der Waals surface area contributed by atoms with Crippen molar-refractivity contribution in [3.63, 3.8) is 0 Å². The van der Waals surface area contributed by atoms with Crippen LogP contribution in [-0.4, -0.2) is 41.4 Å². The Morgan fingerprint density at radius 3 is 2.06 bits per heavy atom. The molecular weight excluding hydrogens is 443 g/mol. The van der Waals surface area contributed by atoms with Crippen molar-refractivity contribution >= 4 is 18.0 Å². The van der Waals surface area contributed by atoms with Crippen LogP contribution in [0.1, 0.15) is 42.3 Å². The zero-order valence-corrected chi connectivity index (χ0v) is 18.3. The number of carbonyl (C=O) groups is 3. The van der Waals surface area contributed by atoms with Gasteiger partial charge in [-0.1, -0.05) is 48.5 Å². The van der Waals surface area contributed by atoms with Gasteiger partial charge >= 0.3 is 24.4 Å². The van der Waals surface area contributed by atoms with E-state index in [1.807, 2.05) is 6.07 Å². The average Bonchev–Trinajstić information content (AvgIpc) is 2.73. The van der Waals surface area contributed by atoms with E-state index < -0.39 is 48.6 Å². The number of carbonyl (C=O) groups excluding carboxylic acids is 3. The average molecular weight is 467 g/mol. The monoisotopic (exact) mass is 467 g/mol. The standard InChI is InChI=1S/C23H24F3NO6/c1-22(2,3)27(13-19(28)31-14-16-9-5-4-6-10-16)21(30)32-15-17-11-7-8-12-18(17)20(29)33-23(24,25)26/h4-12H,13-15H2,1-3H3. The number of amides is 1. The maximum atomic E-state index is 12.7. The van der Waals surface area contributed by atoms with Crippen molar-refractivity contribution in [2.45, 2.75) is 45.9 Å². The molecule has 33 heavy (non-hydrogen) atoms. The van der Waals surface area contributed by atoms with E-state index in [2.05, 4.69) is 4.74 Å². The highest BCUT2D eigenvalue weighted by atomic mass is 19.4. The van der Waals surface area contributed by atoms with Crippen molar-refractivity contribution in [2.75, 3.05) is 6.54 Å². The third kappa shape index (κ3) is 8.47. The van der Waals surface area contributed by atoms with Gasteiger partial charge in [-0.25, -0.2) is 9.59 Å². The van der Waals surface area contributed by atoms with Crippen LogP contribution in [0, 0.1) is 0 Å². The van der Waals surface area contributed by atoms with Crippen molar-refractivity contribution in [2.24, 2.45) is 0 Å². The van der Waals surface area contributed by atoms with Gasteiger partial charge in [0.25, 0.3) is 0 Å². The van der Waals surface area contributed by atoms with Crippen LogP contribution in [0.25, 0.3) is 0 Å². The molecule has 0 aliphatic heterocycles. The van der Waals surface area contributed by atoms with Crippen molar-refractivity contribution < 1.29 is 41.8 Å². The number of ether oxygens (including phenoxy) is 3. The van der Waals surface area contributed by atoms with Gasteiger partial charge in [0.05, 0.1) is 5.56 Å². The van der Waals surface area contributed by atoms with Crippen LogP contribution in [0.3, 0.4) is 0 Å². The van der Waals surface area contributed by atoms with E-state index in [1.54, 1.807) is 45.0 Å². The van der Waals surface area contributed by atoms with Gasteiger partial charge in [0.15, 0.2) is 0 Å². The summed E-state index contributed by atoms with van der Waals surface area (Å²) in [7, 11) is 0. The van der Waals surface area contributed by atoms with Gasteiger partial charge in [-0.05, 0) is 32.4 Å². The first-order valence-corrected chi connectivity index (χ1v) is 9.89. The molecule has 0 spiro atoms. The Bertz CT molecular complexity index is 970. The molecule has 2 rings (SSSR count). The number of rotatable bonds is 7. The Morgan fingerprint density at radius 1 is 0.848 bits per heavy atom. The highest BCUT2D eigenvalue weighted by molar-refractivity contribution is 5.91. The first-order valence-electron chi connectivity index (χ1n) is 9.89. The molecule has 2 aromatic rings. The lowest BCUT2D eigenvalue weighted by molar-refractivity contribution is -0.291. The summed E-state index contributed by atoms with van der Waals surface area (Å²) in [5.74, 6) is -2.29. The van der Waals surface area contributed by atoms with Crippen LogP contribution in [0.2, 0.25) is 0 Å². The first kappa shape index (κ1) is 25.7. The summed E-state index contributed by atoms with van der Waals surface area (Å²) in [6.07, 6.45) is -6.05. The molecule has 0 unspecified atom stereocenters. The Balaban J connectivity index is 2.03. The maximum Gasteiger partial charge on any atom is 0.575 e. The molecule has 0 aliphatic carbocycles. The van der Waals surface area contributed by atoms with Gasteiger partial charge < -0.3 is 14.2 Å². The normalized spacial score (nSPS) is 11.5. The van der Waals surface area contributed by atoms with Crippen LogP contribution < -0.4 is 0 Å². The van der Waals surface area contributed by atoms with Gasteiger partial charge in [0.2, 0.25) is 0 Å². The molecule has 1 amide bonds. The van der Waals surface area contributed by atoms with E-state index >= 15 is 0 Å². The second kappa shape index (κ2) is 10.8. The predicted molar refractivity (Wildman–Crippen MR) is 111 cm³/mol. The van der Waals surface area contributed by atoms with Crippen molar-refractivity contribution in [1.82, 2.24) is 4.90 Å². The fourth-order valence-corrected chi connectivity index (χ4v) is 2.71. The summed E-state index contributed by atoms with van der Waals surface area (Å²) >= 11 is 0. The van der Waals surface area contributed by atoms with E-state index in [-0.39, 0.29) is 12.2 Å². The van der Waals surface area contributed by atoms with E-state index in [9.17, 15) is 27.6 Å². The maximum absolute atomic E-state index is 12.7. The minimum absolute atomic E-state index is 0.0145. The minimum atomic E-state index is -5.15. The molecule has 0 atom stereocenters. The molecule has 0 aromatic heterocycles. The Hall–Kier alpha value is -3.56. The number of alkyl halides is 3. The molecular formula is C23H24F3NO6. The van der Waals surface area contributed by atoms with Crippen molar-refractivity contribution in [3.05, 3.63) is 71.3 Å². The molecule has 7 nitrogen and oxygen atoms in total. The first-order chi connectivity index (χ1) is 15.4. The number of nitrogens with zero attached hydrogens (tertiary/aromatic N) is 1. The second-order valence-corrected chi connectivity index (χ2v) is 7.95. The Labute approximate surface area is 189 Å². The zero-order valence-electron chi connectivity index (χ0n) is 18.3. The highest BCUT2D eigenvalue weighted by Gasteiger charge is 2.35. The number of halogens is 3. The van der Waals surface area contributed by atoms with E-state index in [4.69, 9.17) is 9.47 Å². The Kier molecular flexibility index (Phi) is 8.44. The summed E-state index contributed by atoms with van der Waals surface area (Å²) < 4.78 is 51.0. The number of benzene rings is 2. The molecule has 0 N–H and O–H groups in total. The molecule has 0 saturated carbocycles. The lowest BCUT2D eigenvalue weighted by Crippen LogP contribution is -2.48. The Morgan fingerprint density at radius 2 is 1.45 bits per heavy atom. The summed E-state index contributed by atoms with van der Waals surface area (Å²) in [5.41, 5.74) is -0.441. The van der Waals surface area contributed by atoms with Gasteiger partial charge in [-0.2, -0.15) is 0 Å². The topological polar surface area (TPSA) is 82.1 Å². The smallest absolute Gasteiger partial charge is 0.459 e. The van der Waals surface area contributed by atoms with Gasteiger partial charge in [0.1, 0.15) is 19.8 Å². The molecule has 0 fully saturated rings. The fourth-order valence-electron chi connectivity index (χ4n) is 2.71. The second-order valence-electron chi connectivity index (χ2n) is 7.95. The van der Waals surface area contributed by atoms with E-state index in [0.29, 0.717) is 0 Å². The zero-order chi connectivity index (χ0) is 24.6. The summed E-state index contributed by atoms with van der Waals surface area (Å²) in [4.78, 5) is 37.9. The van der Waals surface area contributed by atoms with Gasteiger partial charge in [0, 0.05) is 11.1 Å². The lowest BCUT2D eigenvalue weighted by Gasteiger charge is -2.33. The molecule has 10 heteroatoms. The fraction of sp³-hybridized carbons (Fsp3) is 0.348.